The summed E-state index contributed by atoms with van der Waals surface area (Å²) >= 11 is 0. The molecule has 1 aromatic carbocycles. The van der Waals surface area contributed by atoms with Gasteiger partial charge in [0.05, 0.1) is 29.1 Å². The molecule has 0 spiro atoms. The van der Waals surface area contributed by atoms with Crippen molar-refractivity contribution in [2.24, 2.45) is 40.9 Å². The predicted molar refractivity (Wildman–Crippen MR) is 125 cm³/mol. The van der Waals surface area contributed by atoms with Crippen molar-refractivity contribution >= 4 is 22.5 Å². The van der Waals surface area contributed by atoms with Crippen LogP contribution in [0.15, 0.2) is 36.4 Å². The Hall–Kier alpha value is -2.45. The van der Waals surface area contributed by atoms with Crippen molar-refractivity contribution in [1.29, 1.82) is 5.26 Å². The van der Waals surface area contributed by atoms with Gasteiger partial charge in [0.15, 0.2) is 5.78 Å². The zero-order valence-corrected chi connectivity index (χ0v) is 18.9. The molecule has 170 valence electrons. The second-order valence-corrected chi connectivity index (χ2v) is 12.1. The fourth-order valence-electron chi connectivity index (χ4n) is 8.93. The lowest BCUT2D eigenvalue weighted by atomic mass is 9.45. The average Bonchev–Trinajstić information content (AvgIpc) is 3.44. The Morgan fingerprint density at radius 1 is 1.09 bits per heavy atom. The van der Waals surface area contributed by atoms with E-state index >= 15 is 0 Å². The highest BCUT2D eigenvalue weighted by Crippen LogP contribution is 2.65. The summed E-state index contributed by atoms with van der Waals surface area (Å²) in [7, 11) is 0. The number of pyridine rings is 1. The number of Topliss-reactive ketones (excluding diaryl/α,β-unsaturated/α-hetero) is 1. The molecule has 4 unspecified atom stereocenters. The summed E-state index contributed by atoms with van der Waals surface area (Å²) < 4.78 is 0. The van der Waals surface area contributed by atoms with Gasteiger partial charge in [0.1, 0.15) is 5.82 Å². The van der Waals surface area contributed by atoms with Crippen molar-refractivity contribution in [3.63, 3.8) is 0 Å². The maximum atomic E-state index is 14.3. The number of anilines is 1. The molecule has 9 atom stereocenters. The first-order valence-electron chi connectivity index (χ1n) is 12.7. The van der Waals surface area contributed by atoms with Gasteiger partial charge in [-0.2, -0.15) is 5.26 Å². The molecule has 1 aromatic heterocycles. The fraction of sp³-hybridized carbons (Fsp3) is 0.607. The molecule has 6 saturated carbocycles. The molecule has 2 aromatic rings. The Morgan fingerprint density at radius 3 is 2.64 bits per heavy atom. The van der Waals surface area contributed by atoms with Crippen LogP contribution in [0.3, 0.4) is 0 Å². The molecule has 1 heterocycles. The monoisotopic (exact) mass is 441 g/mol. The molecule has 0 aliphatic heterocycles. The Bertz CT molecular complexity index is 1170. The normalized spacial score (nSPS) is 43.2. The van der Waals surface area contributed by atoms with Crippen molar-refractivity contribution in [2.75, 3.05) is 5.32 Å². The topological polar surface area (TPSA) is 86.0 Å². The number of carbonyl (C=O) groups excluding carboxylic acids is 1. The van der Waals surface area contributed by atoms with Crippen LogP contribution in [-0.2, 0) is 4.79 Å². The van der Waals surface area contributed by atoms with E-state index in [2.05, 4.69) is 17.5 Å². The molecule has 6 fully saturated rings. The minimum Gasteiger partial charge on any atom is -0.390 e. The van der Waals surface area contributed by atoms with Crippen LogP contribution in [0.25, 0.3) is 10.9 Å². The van der Waals surface area contributed by atoms with Gasteiger partial charge >= 0.3 is 0 Å². The Labute approximate surface area is 194 Å². The van der Waals surface area contributed by atoms with Crippen molar-refractivity contribution < 1.29 is 9.90 Å². The van der Waals surface area contributed by atoms with Crippen molar-refractivity contribution in [3.8, 4) is 6.07 Å². The number of nitriles is 1. The first-order chi connectivity index (χ1) is 16.0. The van der Waals surface area contributed by atoms with Crippen molar-refractivity contribution in [3.05, 3.63) is 36.4 Å². The number of fused-ring (bicyclic) bond motifs is 2. The summed E-state index contributed by atoms with van der Waals surface area (Å²) in [5.41, 5.74) is 0.0416. The molecule has 8 rings (SSSR count). The van der Waals surface area contributed by atoms with E-state index in [1.54, 1.807) is 0 Å². The third-order valence-corrected chi connectivity index (χ3v) is 9.79. The van der Waals surface area contributed by atoms with E-state index in [-0.39, 0.29) is 29.1 Å². The number of nitrogens with one attached hydrogen (secondary N) is 1. The second-order valence-electron chi connectivity index (χ2n) is 12.1. The van der Waals surface area contributed by atoms with Gasteiger partial charge < -0.3 is 10.4 Å². The molecule has 5 heteroatoms. The minimum absolute atomic E-state index is 0.160. The SMILES string of the molecule is N#C[C@@H]1C[C@@H]2C[C@@H]2C1C(=O)[C@@H](Nc1ccc2ccccc2n1)C12CC3C[C@@H](CC(O)(C3)C1)C2. The van der Waals surface area contributed by atoms with Crippen molar-refractivity contribution in [2.45, 2.75) is 63.0 Å². The lowest BCUT2D eigenvalue weighted by Gasteiger charge is -2.62. The predicted octanol–water partition coefficient (Wildman–Crippen LogP) is 4.71. The van der Waals surface area contributed by atoms with E-state index < -0.39 is 5.60 Å². The Morgan fingerprint density at radius 2 is 1.88 bits per heavy atom. The standard InChI is InChI=1S/C28H31N3O2/c29-14-20-8-19-9-21(19)24(20)25(32)26(31-23-6-5-18-3-1-2-4-22(18)30-23)27-10-16-7-17(11-27)13-28(33,12-16)15-27/h1-6,16-17,19-21,24,26,33H,7-13,15H2,(H,30,31)/t16-,17?,19-,20+,21+,24?,26-,27?,28?/m1/s1. The van der Waals surface area contributed by atoms with Crippen LogP contribution in [0.5, 0.6) is 0 Å². The number of ketones is 1. The number of hydrogen-bond donors (Lipinski definition) is 2. The first-order valence-corrected chi connectivity index (χ1v) is 12.7. The van der Waals surface area contributed by atoms with Crippen molar-refractivity contribution in [1.82, 2.24) is 4.98 Å². The Kier molecular flexibility index (Phi) is 4.11. The molecular formula is C28H31N3O2. The van der Waals surface area contributed by atoms with Crippen LogP contribution in [-0.4, -0.2) is 27.5 Å². The fourth-order valence-corrected chi connectivity index (χ4v) is 8.93. The van der Waals surface area contributed by atoms with E-state index in [0.29, 0.717) is 30.1 Å². The van der Waals surface area contributed by atoms with Crippen LogP contribution >= 0.6 is 0 Å². The maximum absolute atomic E-state index is 14.3. The molecule has 33 heavy (non-hydrogen) atoms. The molecule has 2 N–H and O–H groups in total. The summed E-state index contributed by atoms with van der Waals surface area (Å²) in [5.74, 6) is 2.56. The van der Waals surface area contributed by atoms with Gasteiger partial charge in [0, 0.05) is 16.7 Å². The molecule has 0 radical (unpaired) electrons. The molecular weight excluding hydrogens is 410 g/mol. The zero-order chi connectivity index (χ0) is 22.4. The number of para-hydroxylation sites is 1. The molecule has 4 bridgehead atoms. The van der Waals surface area contributed by atoms with Gasteiger partial charge in [-0.15, -0.1) is 0 Å². The Balaban J connectivity index is 1.29. The number of aliphatic hydroxyl groups is 1. The summed E-state index contributed by atoms with van der Waals surface area (Å²) in [4.78, 5) is 19.2. The number of aromatic nitrogens is 1. The van der Waals surface area contributed by atoms with Crippen LogP contribution < -0.4 is 5.32 Å². The van der Waals surface area contributed by atoms with Crippen LogP contribution in [0, 0.1) is 52.3 Å². The average molecular weight is 442 g/mol. The highest BCUT2D eigenvalue weighted by Gasteiger charge is 2.64. The third-order valence-electron chi connectivity index (χ3n) is 9.79. The third kappa shape index (κ3) is 3.06. The lowest BCUT2D eigenvalue weighted by Crippen LogP contribution is -2.63. The van der Waals surface area contributed by atoms with E-state index in [1.807, 2.05) is 30.3 Å². The quantitative estimate of drug-likeness (QED) is 0.702. The number of rotatable bonds is 5. The number of nitrogens with zero attached hydrogens (tertiary/aromatic N) is 2. The van der Waals surface area contributed by atoms with Crippen LogP contribution in [0.4, 0.5) is 5.82 Å². The zero-order valence-electron chi connectivity index (χ0n) is 18.9. The van der Waals surface area contributed by atoms with Gasteiger partial charge in [0.25, 0.3) is 0 Å². The van der Waals surface area contributed by atoms with Gasteiger partial charge in [-0.05, 0) is 93.2 Å². The van der Waals surface area contributed by atoms with E-state index in [0.717, 1.165) is 55.2 Å². The van der Waals surface area contributed by atoms with Crippen LogP contribution in [0.1, 0.15) is 51.4 Å². The molecule has 0 saturated heterocycles. The van der Waals surface area contributed by atoms with E-state index in [9.17, 15) is 15.2 Å². The smallest absolute Gasteiger partial charge is 0.160 e. The van der Waals surface area contributed by atoms with E-state index in [4.69, 9.17) is 4.98 Å². The van der Waals surface area contributed by atoms with Gasteiger partial charge in [-0.3, -0.25) is 4.79 Å². The highest BCUT2D eigenvalue weighted by molar-refractivity contribution is 5.91. The summed E-state index contributed by atoms with van der Waals surface area (Å²) in [6.45, 7) is 0. The largest absolute Gasteiger partial charge is 0.390 e. The molecule has 5 nitrogen and oxygen atoms in total. The van der Waals surface area contributed by atoms with E-state index in [1.165, 1.54) is 6.42 Å². The number of benzene rings is 1. The van der Waals surface area contributed by atoms with Gasteiger partial charge in [-0.1, -0.05) is 18.2 Å². The minimum atomic E-state index is -0.631. The summed E-state index contributed by atoms with van der Waals surface area (Å²) in [6, 6.07) is 14.2. The first kappa shape index (κ1) is 20.0. The molecule has 0 amide bonds. The van der Waals surface area contributed by atoms with Gasteiger partial charge in [0.2, 0.25) is 0 Å². The lowest BCUT2D eigenvalue weighted by molar-refractivity contribution is -0.172. The highest BCUT2D eigenvalue weighted by atomic mass is 16.3. The number of hydrogen-bond acceptors (Lipinski definition) is 5. The molecule has 6 aliphatic carbocycles. The summed E-state index contributed by atoms with van der Waals surface area (Å²) in [6.07, 6.45) is 7.63. The summed E-state index contributed by atoms with van der Waals surface area (Å²) in [5, 5.41) is 25.9. The number of carbonyl (C=O) groups is 1. The maximum Gasteiger partial charge on any atom is 0.160 e. The second kappa shape index (κ2) is 6.79. The van der Waals surface area contributed by atoms with Gasteiger partial charge in [-0.25, -0.2) is 4.98 Å². The van der Waals surface area contributed by atoms with Crippen LogP contribution in [0.2, 0.25) is 0 Å². The molecule has 6 aliphatic rings.